The van der Waals surface area contributed by atoms with Gasteiger partial charge in [0.2, 0.25) is 5.82 Å². The van der Waals surface area contributed by atoms with Crippen molar-refractivity contribution < 1.29 is 23.6 Å². The summed E-state index contributed by atoms with van der Waals surface area (Å²) in [6.07, 6.45) is 0. The average Bonchev–Trinajstić information content (AvgIpc) is 2.35. The Hall–Kier alpha value is -2.57. The smallest absolute Gasteiger partial charge is 0.353 e. The molecule has 0 fully saturated rings. The van der Waals surface area contributed by atoms with Crippen LogP contribution in [0.15, 0.2) is 30.4 Å². The van der Waals surface area contributed by atoms with E-state index in [4.69, 9.17) is 0 Å². The van der Waals surface area contributed by atoms with Crippen LogP contribution in [0.25, 0.3) is 0 Å². The Bertz CT molecular complexity index is 631. The van der Waals surface area contributed by atoms with Gasteiger partial charge in [-0.25, -0.2) is 9.59 Å². The van der Waals surface area contributed by atoms with E-state index in [1.54, 1.807) is 20.8 Å². The van der Waals surface area contributed by atoms with Gasteiger partial charge in [-0.1, -0.05) is 33.4 Å². The number of halogens is 1. The summed E-state index contributed by atoms with van der Waals surface area (Å²) in [7, 11) is 0. The second kappa shape index (κ2) is 5.82. The number of ether oxygens (including phenoxy) is 1. The summed E-state index contributed by atoms with van der Waals surface area (Å²) in [5.74, 6) is -3.49. The summed E-state index contributed by atoms with van der Waals surface area (Å²) in [6.45, 7) is 8.57. The topological polar surface area (TPSA) is 86.5 Å². The zero-order chi connectivity index (χ0) is 16.4. The maximum atomic E-state index is 13.4. The Morgan fingerprint density at radius 3 is 2.38 bits per heavy atom. The summed E-state index contributed by atoms with van der Waals surface area (Å²) in [5, 5.41) is 10.8. The van der Waals surface area contributed by atoms with Gasteiger partial charge in [0, 0.05) is 5.57 Å². The van der Waals surface area contributed by atoms with Crippen molar-refractivity contribution in [3.63, 3.8) is 0 Å². The van der Waals surface area contributed by atoms with Crippen LogP contribution in [-0.4, -0.2) is 16.9 Å². The van der Waals surface area contributed by atoms with Crippen molar-refractivity contribution in [1.82, 2.24) is 0 Å². The highest BCUT2D eigenvalue weighted by Gasteiger charge is 2.30. The van der Waals surface area contributed by atoms with Gasteiger partial charge >= 0.3 is 17.6 Å². The van der Waals surface area contributed by atoms with Crippen LogP contribution in [0.1, 0.15) is 31.1 Å². The summed E-state index contributed by atoms with van der Waals surface area (Å²) in [6, 6.07) is 2.96. The minimum Gasteiger partial charge on any atom is -0.386 e. The second-order valence-corrected chi connectivity index (χ2v) is 5.30. The molecule has 1 aromatic rings. The first-order valence-electron chi connectivity index (χ1n) is 5.94. The van der Waals surface area contributed by atoms with Crippen LogP contribution < -0.4 is 0 Å². The molecule has 0 amide bonds. The van der Waals surface area contributed by atoms with Gasteiger partial charge in [-0.2, -0.15) is 4.39 Å². The quantitative estimate of drug-likeness (QED) is 0.281. The molecule has 0 saturated heterocycles. The molecule has 0 radical (unpaired) electrons. The number of hydrogen-bond donors (Lipinski definition) is 0. The van der Waals surface area contributed by atoms with Crippen LogP contribution in [0.2, 0.25) is 0 Å². The van der Waals surface area contributed by atoms with Crippen molar-refractivity contribution >= 4 is 17.6 Å². The third-order valence-corrected chi connectivity index (χ3v) is 2.73. The molecule has 6 nitrogen and oxygen atoms in total. The van der Waals surface area contributed by atoms with Gasteiger partial charge in [0.05, 0.1) is 4.92 Å². The predicted molar refractivity (Wildman–Crippen MR) is 72.1 cm³/mol. The van der Waals surface area contributed by atoms with Crippen LogP contribution in [0.4, 0.5) is 10.1 Å². The minimum absolute atomic E-state index is 0.0231. The first-order valence-corrected chi connectivity index (χ1v) is 5.94. The van der Waals surface area contributed by atoms with Crippen molar-refractivity contribution in [2.24, 2.45) is 5.41 Å². The normalized spacial score (nSPS) is 10.9. The van der Waals surface area contributed by atoms with E-state index >= 15 is 0 Å². The first kappa shape index (κ1) is 16.5. The lowest BCUT2D eigenvalue weighted by Gasteiger charge is -2.19. The van der Waals surface area contributed by atoms with Crippen molar-refractivity contribution in [3.8, 4) is 0 Å². The molecule has 0 aliphatic rings. The number of rotatable bonds is 3. The number of carbonyl (C=O) groups excluding carboxylic acids is 2. The molecule has 0 spiro atoms. The lowest BCUT2D eigenvalue weighted by Crippen LogP contribution is -2.22. The molecule has 0 heterocycles. The summed E-state index contributed by atoms with van der Waals surface area (Å²) in [4.78, 5) is 33.3. The molecular formula is C14H14FNO5. The SMILES string of the molecule is C=C(C(=O)OC(=O)c1cccc(F)c1[N+](=O)[O-])C(C)(C)C. The number of benzene rings is 1. The molecule has 1 rings (SSSR count). The first-order chi connectivity index (χ1) is 9.55. The molecule has 0 saturated carbocycles. The third kappa shape index (κ3) is 3.71. The van der Waals surface area contributed by atoms with E-state index in [-0.39, 0.29) is 5.57 Å². The largest absolute Gasteiger partial charge is 0.386 e. The van der Waals surface area contributed by atoms with E-state index in [1.165, 1.54) is 0 Å². The number of nitrogens with zero attached hydrogens (tertiary/aromatic N) is 1. The van der Waals surface area contributed by atoms with Crippen LogP contribution in [0.3, 0.4) is 0 Å². The molecule has 0 unspecified atom stereocenters. The lowest BCUT2D eigenvalue weighted by atomic mass is 9.88. The number of esters is 2. The molecule has 0 N–H and O–H groups in total. The molecule has 7 heteroatoms. The Morgan fingerprint density at radius 1 is 1.33 bits per heavy atom. The molecule has 1 aromatic carbocycles. The Labute approximate surface area is 120 Å². The van der Waals surface area contributed by atoms with Gasteiger partial charge < -0.3 is 4.74 Å². The fourth-order valence-electron chi connectivity index (χ4n) is 1.37. The van der Waals surface area contributed by atoms with E-state index < -0.39 is 39.3 Å². The summed E-state index contributed by atoms with van der Waals surface area (Å²) >= 11 is 0. The van der Waals surface area contributed by atoms with Crippen LogP contribution in [0, 0.1) is 21.3 Å². The summed E-state index contributed by atoms with van der Waals surface area (Å²) < 4.78 is 17.9. The molecular weight excluding hydrogens is 281 g/mol. The Morgan fingerprint density at radius 2 is 1.90 bits per heavy atom. The van der Waals surface area contributed by atoms with Crippen LogP contribution in [-0.2, 0) is 9.53 Å². The Kier molecular flexibility index (Phi) is 4.57. The highest BCUT2D eigenvalue weighted by molar-refractivity contribution is 6.04. The van der Waals surface area contributed by atoms with E-state index in [0.717, 1.165) is 18.2 Å². The van der Waals surface area contributed by atoms with Crippen LogP contribution in [0.5, 0.6) is 0 Å². The fraction of sp³-hybridized carbons (Fsp3) is 0.286. The van der Waals surface area contributed by atoms with Gasteiger partial charge in [0.15, 0.2) is 0 Å². The highest BCUT2D eigenvalue weighted by Crippen LogP contribution is 2.26. The minimum atomic E-state index is -1.29. The molecule has 0 aliphatic carbocycles. The molecule has 21 heavy (non-hydrogen) atoms. The number of carbonyl (C=O) groups is 2. The van der Waals surface area contributed by atoms with Gasteiger partial charge in [-0.3, -0.25) is 10.1 Å². The number of nitro benzene ring substituents is 1. The maximum absolute atomic E-state index is 13.4. The van der Waals surface area contributed by atoms with Crippen molar-refractivity contribution in [2.45, 2.75) is 20.8 Å². The zero-order valence-electron chi connectivity index (χ0n) is 11.8. The lowest BCUT2D eigenvalue weighted by molar-refractivity contribution is -0.387. The predicted octanol–water partition coefficient (Wildman–Crippen LogP) is 3.02. The standard InChI is InChI=1S/C14H14FNO5/c1-8(14(2,3)4)12(17)21-13(18)9-6-5-7-10(15)11(9)16(19)20/h5-7H,1H2,2-4H3. The van der Waals surface area contributed by atoms with Gasteiger partial charge in [-0.15, -0.1) is 0 Å². The van der Waals surface area contributed by atoms with Crippen molar-refractivity contribution in [3.05, 3.63) is 51.8 Å². The third-order valence-electron chi connectivity index (χ3n) is 2.73. The molecule has 0 aliphatic heterocycles. The maximum Gasteiger partial charge on any atom is 0.353 e. The van der Waals surface area contributed by atoms with Crippen molar-refractivity contribution in [1.29, 1.82) is 0 Å². The van der Waals surface area contributed by atoms with Gasteiger partial charge in [0.1, 0.15) is 5.56 Å². The van der Waals surface area contributed by atoms with E-state index in [9.17, 15) is 24.1 Å². The highest BCUT2D eigenvalue weighted by atomic mass is 19.1. The van der Waals surface area contributed by atoms with E-state index in [1.807, 2.05) is 0 Å². The molecule has 0 aromatic heterocycles. The average molecular weight is 295 g/mol. The second-order valence-electron chi connectivity index (χ2n) is 5.30. The molecule has 112 valence electrons. The fourth-order valence-corrected chi connectivity index (χ4v) is 1.37. The number of para-hydroxylation sites is 1. The monoisotopic (exact) mass is 295 g/mol. The zero-order valence-corrected chi connectivity index (χ0v) is 11.8. The van der Waals surface area contributed by atoms with Gasteiger partial charge in [0.25, 0.3) is 0 Å². The molecule has 0 bridgehead atoms. The molecule has 0 atom stereocenters. The Balaban J connectivity index is 3.07. The van der Waals surface area contributed by atoms with E-state index in [2.05, 4.69) is 11.3 Å². The van der Waals surface area contributed by atoms with Crippen molar-refractivity contribution in [2.75, 3.05) is 0 Å². The number of nitro groups is 1. The van der Waals surface area contributed by atoms with Crippen LogP contribution >= 0.6 is 0 Å². The van der Waals surface area contributed by atoms with E-state index in [0.29, 0.717) is 0 Å². The van der Waals surface area contributed by atoms with Gasteiger partial charge in [-0.05, 0) is 17.5 Å². The number of hydrogen-bond acceptors (Lipinski definition) is 5. The summed E-state index contributed by atoms with van der Waals surface area (Å²) in [5.41, 5.74) is -2.27.